The first-order chi connectivity index (χ1) is 4.77. The van der Waals surface area contributed by atoms with Crippen LogP contribution in [0.5, 0.6) is 0 Å². The quantitative estimate of drug-likeness (QED) is 0.262. The van der Waals surface area contributed by atoms with Crippen LogP contribution in [-0.4, -0.2) is 17.3 Å². The molecule has 3 nitrogen and oxygen atoms in total. The molecule has 0 aliphatic heterocycles. The Morgan fingerprint density at radius 3 is 2.30 bits per heavy atom. The van der Waals surface area contributed by atoms with Crippen LogP contribution in [0.2, 0.25) is 0 Å². The maximum atomic E-state index is 9.81. The first kappa shape index (κ1) is 9.69. The van der Waals surface area contributed by atoms with Gasteiger partial charge in [0.15, 0.2) is 0 Å². The van der Waals surface area contributed by atoms with Crippen LogP contribution in [0.15, 0.2) is 0 Å². The molecule has 0 unspecified atom stereocenters. The molecule has 10 heavy (non-hydrogen) atoms. The summed E-state index contributed by atoms with van der Waals surface area (Å²) in [5, 5.41) is 9.81. The minimum atomic E-state index is -0.277. The van der Waals surface area contributed by atoms with E-state index in [0.29, 0.717) is 12.3 Å². The maximum absolute atomic E-state index is 9.81. The minimum Gasteiger partial charge on any atom is -0.265 e. The zero-order chi connectivity index (χ0) is 7.82. The third-order valence-electron chi connectivity index (χ3n) is 1.22. The van der Waals surface area contributed by atoms with E-state index in [1.165, 1.54) is 0 Å². The molecular weight excluding hydrogens is 154 g/mol. The van der Waals surface area contributed by atoms with Crippen molar-refractivity contribution < 1.29 is 4.92 Å². The number of rotatable bonds is 6. The molecule has 60 valence electrons. The predicted octanol–water partition coefficient (Wildman–Crippen LogP) is 2.06. The molecule has 0 aromatic heterocycles. The summed E-state index contributed by atoms with van der Waals surface area (Å²) in [7, 11) is 0. The molecule has 0 N–H and O–H groups in total. The lowest BCUT2D eigenvalue weighted by molar-refractivity contribution is -0.480. The Hall–Kier alpha value is -0.310. The highest BCUT2D eigenvalue weighted by atomic mass is 35.5. The van der Waals surface area contributed by atoms with Gasteiger partial charge in [0.1, 0.15) is 0 Å². The molecule has 0 atom stereocenters. The number of alkyl halides is 1. The van der Waals surface area contributed by atoms with Gasteiger partial charge in [-0.1, -0.05) is 6.42 Å². The largest absolute Gasteiger partial charge is 0.265 e. The molecule has 0 saturated carbocycles. The van der Waals surface area contributed by atoms with Gasteiger partial charge in [0.05, 0.1) is 0 Å². The SMILES string of the molecule is O=[N+]([O-])CCCCCCCl. The Morgan fingerprint density at radius 2 is 1.80 bits per heavy atom. The van der Waals surface area contributed by atoms with Crippen molar-refractivity contribution in [2.45, 2.75) is 25.7 Å². The molecule has 0 fully saturated rings. The van der Waals surface area contributed by atoms with Crippen LogP contribution >= 0.6 is 11.6 Å². The van der Waals surface area contributed by atoms with Crippen molar-refractivity contribution in [2.75, 3.05) is 12.4 Å². The lowest BCUT2D eigenvalue weighted by atomic mass is 10.2. The van der Waals surface area contributed by atoms with Gasteiger partial charge in [-0.3, -0.25) is 10.1 Å². The monoisotopic (exact) mass is 165 g/mol. The third-order valence-corrected chi connectivity index (χ3v) is 1.49. The maximum Gasteiger partial charge on any atom is 0.203 e. The van der Waals surface area contributed by atoms with Crippen molar-refractivity contribution in [1.82, 2.24) is 0 Å². The summed E-state index contributed by atoms with van der Waals surface area (Å²) in [4.78, 5) is 9.53. The van der Waals surface area contributed by atoms with Crippen LogP contribution in [0.25, 0.3) is 0 Å². The summed E-state index contributed by atoms with van der Waals surface area (Å²) in [6.45, 7) is 0.0995. The van der Waals surface area contributed by atoms with E-state index >= 15 is 0 Å². The number of hydrogen-bond acceptors (Lipinski definition) is 2. The van der Waals surface area contributed by atoms with Gasteiger partial charge in [-0.05, 0) is 12.8 Å². The van der Waals surface area contributed by atoms with Crippen LogP contribution in [0, 0.1) is 10.1 Å². The first-order valence-corrected chi connectivity index (χ1v) is 3.98. The van der Waals surface area contributed by atoms with Crippen LogP contribution in [-0.2, 0) is 0 Å². The van der Waals surface area contributed by atoms with Crippen LogP contribution < -0.4 is 0 Å². The highest BCUT2D eigenvalue weighted by molar-refractivity contribution is 6.17. The standard InChI is InChI=1S/C6H12ClNO2/c7-5-3-1-2-4-6-8(9)10/h1-6H2. The second-order valence-corrected chi connectivity index (χ2v) is 2.54. The van der Waals surface area contributed by atoms with Crippen molar-refractivity contribution in [2.24, 2.45) is 0 Å². The Kier molecular flexibility index (Phi) is 6.59. The molecular formula is C6H12ClNO2. The zero-order valence-corrected chi connectivity index (χ0v) is 6.64. The molecule has 4 heteroatoms. The summed E-state index contributed by atoms with van der Waals surface area (Å²) in [5.74, 6) is 0.665. The smallest absolute Gasteiger partial charge is 0.203 e. The Labute approximate surface area is 65.5 Å². The molecule has 0 aromatic carbocycles. The van der Waals surface area contributed by atoms with Crippen molar-refractivity contribution in [3.05, 3.63) is 10.1 Å². The van der Waals surface area contributed by atoms with Gasteiger partial charge in [0.25, 0.3) is 0 Å². The van der Waals surface area contributed by atoms with Gasteiger partial charge in [-0.2, -0.15) is 0 Å². The average Bonchev–Trinajstić information content (AvgIpc) is 1.87. The number of hydrogen-bond donors (Lipinski definition) is 0. The summed E-state index contributed by atoms with van der Waals surface area (Å²) >= 11 is 5.41. The highest BCUT2D eigenvalue weighted by Gasteiger charge is 1.95. The van der Waals surface area contributed by atoms with Crippen LogP contribution in [0.4, 0.5) is 0 Å². The molecule has 0 amide bonds. The van der Waals surface area contributed by atoms with E-state index < -0.39 is 0 Å². The molecule has 0 heterocycles. The highest BCUT2D eigenvalue weighted by Crippen LogP contribution is 2.00. The minimum absolute atomic E-state index is 0.0995. The van der Waals surface area contributed by atoms with Gasteiger partial charge < -0.3 is 0 Å². The summed E-state index contributed by atoms with van der Waals surface area (Å²) in [6, 6.07) is 0. The van der Waals surface area contributed by atoms with Gasteiger partial charge in [0.2, 0.25) is 6.54 Å². The summed E-state index contributed by atoms with van der Waals surface area (Å²) < 4.78 is 0. The first-order valence-electron chi connectivity index (χ1n) is 3.45. The van der Waals surface area contributed by atoms with E-state index in [-0.39, 0.29) is 11.5 Å². The number of halogens is 1. The van der Waals surface area contributed by atoms with Crippen molar-refractivity contribution >= 4 is 11.6 Å². The fourth-order valence-corrected chi connectivity index (χ4v) is 0.878. The van der Waals surface area contributed by atoms with Gasteiger partial charge in [-0.25, -0.2) is 0 Å². The molecule has 0 aromatic rings. The third kappa shape index (κ3) is 7.69. The Morgan fingerprint density at radius 1 is 1.20 bits per heavy atom. The molecule has 0 rings (SSSR count). The second kappa shape index (κ2) is 6.81. The average molecular weight is 166 g/mol. The van der Waals surface area contributed by atoms with Gasteiger partial charge >= 0.3 is 0 Å². The number of nitro groups is 1. The topological polar surface area (TPSA) is 43.1 Å². The molecule has 0 saturated heterocycles. The van der Waals surface area contributed by atoms with E-state index in [9.17, 15) is 10.1 Å². The van der Waals surface area contributed by atoms with E-state index in [4.69, 9.17) is 11.6 Å². The van der Waals surface area contributed by atoms with E-state index in [2.05, 4.69) is 0 Å². The molecule has 0 spiro atoms. The van der Waals surface area contributed by atoms with Crippen molar-refractivity contribution in [3.8, 4) is 0 Å². The van der Waals surface area contributed by atoms with Crippen LogP contribution in [0.1, 0.15) is 25.7 Å². The second-order valence-electron chi connectivity index (χ2n) is 2.16. The fraction of sp³-hybridized carbons (Fsp3) is 1.00. The normalized spacial score (nSPS) is 9.70. The van der Waals surface area contributed by atoms with Gasteiger partial charge in [0, 0.05) is 17.2 Å². The summed E-state index contributed by atoms with van der Waals surface area (Å²) in [5.41, 5.74) is 0. The van der Waals surface area contributed by atoms with Crippen molar-refractivity contribution in [1.29, 1.82) is 0 Å². The van der Waals surface area contributed by atoms with E-state index in [1.54, 1.807) is 0 Å². The molecule has 0 radical (unpaired) electrons. The zero-order valence-electron chi connectivity index (χ0n) is 5.88. The Balaban J connectivity index is 2.84. The predicted molar refractivity (Wildman–Crippen MR) is 41.0 cm³/mol. The molecule has 0 bridgehead atoms. The number of unbranched alkanes of at least 4 members (excludes halogenated alkanes) is 3. The van der Waals surface area contributed by atoms with Gasteiger partial charge in [-0.15, -0.1) is 11.6 Å². The molecule has 0 aliphatic carbocycles. The lowest BCUT2D eigenvalue weighted by Crippen LogP contribution is -1.99. The number of nitrogens with zero attached hydrogens (tertiary/aromatic N) is 1. The van der Waals surface area contributed by atoms with E-state index in [0.717, 1.165) is 19.3 Å². The van der Waals surface area contributed by atoms with E-state index in [1.807, 2.05) is 0 Å². The van der Waals surface area contributed by atoms with Crippen LogP contribution in [0.3, 0.4) is 0 Å². The summed E-state index contributed by atoms with van der Waals surface area (Å²) in [6.07, 6.45) is 3.59. The molecule has 0 aliphatic rings. The Bertz CT molecular complexity index is 97.7. The fourth-order valence-electron chi connectivity index (χ4n) is 0.689. The van der Waals surface area contributed by atoms with Crippen molar-refractivity contribution in [3.63, 3.8) is 0 Å². The lowest BCUT2D eigenvalue weighted by Gasteiger charge is -1.93.